The second kappa shape index (κ2) is 9.94. The molecule has 0 heterocycles. The summed E-state index contributed by atoms with van der Waals surface area (Å²) in [6.07, 6.45) is 2.03. The Bertz CT molecular complexity index is 1060. The number of carbonyl (C=O) groups is 1. The van der Waals surface area contributed by atoms with Crippen LogP contribution in [0.1, 0.15) is 27.8 Å². The molecule has 0 aromatic heterocycles. The second-order valence-electron chi connectivity index (χ2n) is 6.96. The summed E-state index contributed by atoms with van der Waals surface area (Å²) >= 11 is 6.22. The molecule has 0 aliphatic heterocycles. The van der Waals surface area contributed by atoms with Gasteiger partial charge in [-0.25, -0.2) is 5.43 Å². The van der Waals surface area contributed by atoms with E-state index in [0.29, 0.717) is 22.8 Å². The largest absolute Gasteiger partial charge is 0.507 e. The fourth-order valence-electron chi connectivity index (χ4n) is 3.05. The quantitative estimate of drug-likeness (QED) is 0.425. The van der Waals surface area contributed by atoms with Crippen molar-refractivity contribution >= 4 is 23.7 Å². The Morgan fingerprint density at radius 1 is 1.10 bits per heavy atom. The van der Waals surface area contributed by atoms with E-state index in [0.717, 1.165) is 22.3 Å². The van der Waals surface area contributed by atoms with Gasteiger partial charge in [0.25, 0.3) is 5.91 Å². The minimum Gasteiger partial charge on any atom is -0.507 e. The number of phenols is 1. The highest BCUT2D eigenvalue weighted by Crippen LogP contribution is 2.23. The maximum Gasteiger partial charge on any atom is 0.277 e. The molecule has 1 amide bonds. The number of nitrogens with zero attached hydrogens (tertiary/aromatic N) is 1. The average Bonchev–Trinajstić information content (AvgIpc) is 2.71. The summed E-state index contributed by atoms with van der Waals surface area (Å²) in [6, 6.07) is 18.6. The Labute approximate surface area is 181 Å². The lowest BCUT2D eigenvalue weighted by atomic mass is 10.0. The van der Waals surface area contributed by atoms with Crippen molar-refractivity contribution in [1.29, 1.82) is 0 Å². The number of aryl methyl sites for hydroxylation is 2. The summed E-state index contributed by atoms with van der Waals surface area (Å²) in [4.78, 5) is 12.0. The monoisotopic (exact) mass is 422 g/mol. The molecule has 0 saturated carbocycles. The molecule has 0 aliphatic carbocycles. The van der Waals surface area contributed by atoms with Crippen molar-refractivity contribution in [3.05, 3.63) is 93.5 Å². The molecular weight excluding hydrogens is 400 g/mol. The van der Waals surface area contributed by atoms with Crippen LogP contribution < -0.4 is 10.2 Å². The van der Waals surface area contributed by atoms with Gasteiger partial charge in [0, 0.05) is 10.6 Å². The Morgan fingerprint density at radius 3 is 2.57 bits per heavy atom. The highest BCUT2D eigenvalue weighted by molar-refractivity contribution is 6.31. The number of benzene rings is 3. The summed E-state index contributed by atoms with van der Waals surface area (Å²) in [5.41, 5.74) is 6.80. The molecule has 0 radical (unpaired) electrons. The molecular formula is C24H23ClN2O3. The molecule has 2 N–H and O–H groups in total. The van der Waals surface area contributed by atoms with Gasteiger partial charge in [-0.1, -0.05) is 54.1 Å². The van der Waals surface area contributed by atoms with Crippen molar-refractivity contribution in [3.63, 3.8) is 0 Å². The minimum atomic E-state index is -0.388. The van der Waals surface area contributed by atoms with Gasteiger partial charge in [-0.3, -0.25) is 4.79 Å². The SMILES string of the molecule is Cc1cccc(C)c1OCC(=O)N/N=C/c1cc(Cc2ccccc2Cl)ccc1O. The number of phenolic OH excluding ortho intramolecular Hbond substituents is 1. The van der Waals surface area contributed by atoms with E-state index in [1.807, 2.05) is 68.4 Å². The predicted octanol–water partition coefficient (Wildman–Crippen LogP) is 4.78. The van der Waals surface area contributed by atoms with Gasteiger partial charge in [-0.2, -0.15) is 5.10 Å². The zero-order chi connectivity index (χ0) is 21.5. The van der Waals surface area contributed by atoms with Crippen LogP contribution in [0.15, 0.2) is 65.8 Å². The number of hydrogen-bond donors (Lipinski definition) is 2. The normalized spacial score (nSPS) is 10.9. The summed E-state index contributed by atoms with van der Waals surface area (Å²) in [7, 11) is 0. The van der Waals surface area contributed by atoms with Gasteiger partial charge in [0.1, 0.15) is 11.5 Å². The van der Waals surface area contributed by atoms with Crippen molar-refractivity contribution in [3.8, 4) is 11.5 Å². The van der Waals surface area contributed by atoms with Crippen molar-refractivity contribution in [1.82, 2.24) is 5.43 Å². The Morgan fingerprint density at radius 2 is 1.83 bits per heavy atom. The van der Waals surface area contributed by atoms with Gasteiger partial charge < -0.3 is 9.84 Å². The van der Waals surface area contributed by atoms with Crippen LogP contribution in [-0.2, 0) is 11.2 Å². The Hall–Kier alpha value is -3.31. The first kappa shape index (κ1) is 21.4. The highest BCUT2D eigenvalue weighted by atomic mass is 35.5. The molecule has 0 unspecified atom stereocenters. The maximum atomic E-state index is 12.0. The third-order valence-corrected chi connectivity index (χ3v) is 4.96. The van der Waals surface area contributed by atoms with Crippen LogP contribution in [-0.4, -0.2) is 23.8 Å². The highest BCUT2D eigenvalue weighted by Gasteiger charge is 2.07. The molecule has 0 saturated heterocycles. The zero-order valence-corrected chi connectivity index (χ0v) is 17.6. The third-order valence-electron chi connectivity index (χ3n) is 4.59. The lowest BCUT2D eigenvalue weighted by molar-refractivity contribution is -0.123. The molecule has 3 aromatic rings. The molecule has 3 aromatic carbocycles. The first-order valence-corrected chi connectivity index (χ1v) is 9.88. The second-order valence-corrected chi connectivity index (χ2v) is 7.37. The van der Waals surface area contributed by atoms with Crippen LogP contribution in [0.2, 0.25) is 5.02 Å². The van der Waals surface area contributed by atoms with Crippen molar-refractivity contribution in [2.45, 2.75) is 20.3 Å². The van der Waals surface area contributed by atoms with E-state index in [1.165, 1.54) is 6.21 Å². The number of rotatable bonds is 7. The lowest BCUT2D eigenvalue weighted by Crippen LogP contribution is -2.25. The van der Waals surface area contributed by atoms with Gasteiger partial charge in [-0.05, 0) is 60.7 Å². The van der Waals surface area contributed by atoms with Crippen LogP contribution >= 0.6 is 11.6 Å². The molecule has 0 bridgehead atoms. The van der Waals surface area contributed by atoms with Crippen molar-refractivity contribution in [2.75, 3.05) is 6.61 Å². The van der Waals surface area contributed by atoms with Crippen LogP contribution in [0, 0.1) is 13.8 Å². The summed E-state index contributed by atoms with van der Waals surface area (Å²) in [5, 5.41) is 14.7. The van der Waals surface area contributed by atoms with Crippen LogP contribution in [0.4, 0.5) is 0 Å². The fourth-order valence-corrected chi connectivity index (χ4v) is 3.25. The van der Waals surface area contributed by atoms with Crippen LogP contribution in [0.25, 0.3) is 0 Å². The molecule has 0 fully saturated rings. The standard InChI is InChI=1S/C24H23ClN2O3/c1-16-6-5-7-17(2)24(16)30-15-23(29)27-26-14-20-13-18(10-11-22(20)28)12-19-8-3-4-9-21(19)25/h3-11,13-14,28H,12,15H2,1-2H3,(H,27,29)/b26-14+. The number of nitrogens with one attached hydrogen (secondary N) is 1. The van der Waals surface area contributed by atoms with E-state index in [1.54, 1.807) is 6.07 Å². The third kappa shape index (κ3) is 5.61. The van der Waals surface area contributed by atoms with Crippen LogP contribution in [0.3, 0.4) is 0 Å². The van der Waals surface area contributed by atoms with Gasteiger partial charge in [-0.15, -0.1) is 0 Å². The van der Waals surface area contributed by atoms with Gasteiger partial charge in [0.05, 0.1) is 6.21 Å². The fraction of sp³-hybridized carbons (Fsp3) is 0.167. The van der Waals surface area contributed by atoms with E-state index in [4.69, 9.17) is 16.3 Å². The summed E-state index contributed by atoms with van der Waals surface area (Å²) < 4.78 is 5.60. The van der Waals surface area contributed by atoms with Crippen molar-refractivity contribution < 1.29 is 14.6 Å². The van der Waals surface area contributed by atoms with Gasteiger partial charge in [0.2, 0.25) is 0 Å². The minimum absolute atomic E-state index is 0.0719. The van der Waals surface area contributed by atoms with E-state index in [9.17, 15) is 9.90 Å². The first-order chi connectivity index (χ1) is 14.4. The number of hydrazone groups is 1. The number of ether oxygens (including phenoxy) is 1. The molecule has 0 atom stereocenters. The van der Waals surface area contributed by atoms with Crippen molar-refractivity contribution in [2.24, 2.45) is 5.10 Å². The average molecular weight is 423 g/mol. The predicted molar refractivity (Wildman–Crippen MR) is 120 cm³/mol. The van der Waals surface area contributed by atoms with E-state index < -0.39 is 0 Å². The number of para-hydroxylation sites is 1. The van der Waals surface area contributed by atoms with E-state index >= 15 is 0 Å². The summed E-state index contributed by atoms with van der Waals surface area (Å²) in [6.45, 7) is 3.70. The Balaban J connectivity index is 1.60. The smallest absolute Gasteiger partial charge is 0.277 e. The molecule has 6 heteroatoms. The van der Waals surface area contributed by atoms with Gasteiger partial charge in [0.15, 0.2) is 6.61 Å². The molecule has 3 rings (SSSR count). The lowest BCUT2D eigenvalue weighted by Gasteiger charge is -2.10. The molecule has 5 nitrogen and oxygen atoms in total. The number of hydrogen-bond acceptors (Lipinski definition) is 4. The zero-order valence-electron chi connectivity index (χ0n) is 16.9. The summed E-state index contributed by atoms with van der Waals surface area (Å²) in [5.74, 6) is 0.379. The maximum absolute atomic E-state index is 12.0. The van der Waals surface area contributed by atoms with E-state index in [-0.39, 0.29) is 18.3 Å². The number of halogens is 1. The molecule has 0 aliphatic rings. The van der Waals surface area contributed by atoms with Gasteiger partial charge >= 0.3 is 0 Å². The van der Waals surface area contributed by atoms with E-state index in [2.05, 4.69) is 10.5 Å². The topological polar surface area (TPSA) is 70.9 Å². The number of aromatic hydroxyl groups is 1. The Kier molecular flexibility index (Phi) is 7.09. The van der Waals surface area contributed by atoms with Crippen LogP contribution in [0.5, 0.6) is 11.5 Å². The molecule has 0 spiro atoms. The number of carbonyl (C=O) groups excluding carboxylic acids is 1. The molecule has 154 valence electrons. The number of amides is 1. The first-order valence-electron chi connectivity index (χ1n) is 9.50. The molecule has 30 heavy (non-hydrogen) atoms.